The minimum absolute atomic E-state index is 0.0293. The fourth-order valence-corrected chi connectivity index (χ4v) is 0.618. The number of aliphatic carboxylic acids is 1. The Morgan fingerprint density at radius 3 is 2.50 bits per heavy atom. The molecule has 14 heavy (non-hydrogen) atoms. The van der Waals surface area contributed by atoms with E-state index in [1.165, 1.54) is 6.92 Å². The van der Waals surface area contributed by atoms with Crippen molar-refractivity contribution in [2.24, 2.45) is 0 Å². The molecule has 0 saturated heterocycles. The largest absolute Gasteiger partial charge is 0.478 e. The number of hydrogen-bond acceptors (Lipinski definition) is 4. The van der Waals surface area contributed by atoms with E-state index in [1.54, 1.807) is 6.92 Å². The van der Waals surface area contributed by atoms with E-state index in [0.717, 1.165) is 6.08 Å². The smallest absolute Gasteiger partial charge is 0.341 e. The molecular formula is C9H12O5. The summed E-state index contributed by atoms with van der Waals surface area (Å²) in [4.78, 5) is 21.3. The molecule has 0 radical (unpaired) electrons. The van der Waals surface area contributed by atoms with Gasteiger partial charge in [-0.25, -0.2) is 9.59 Å². The van der Waals surface area contributed by atoms with E-state index in [0.29, 0.717) is 6.61 Å². The van der Waals surface area contributed by atoms with Gasteiger partial charge in [0.05, 0.1) is 6.61 Å². The third-order valence-corrected chi connectivity index (χ3v) is 1.17. The lowest BCUT2D eigenvalue weighted by Crippen LogP contribution is -2.08. The van der Waals surface area contributed by atoms with Crippen LogP contribution in [-0.2, 0) is 19.1 Å². The monoisotopic (exact) mass is 200 g/mol. The van der Waals surface area contributed by atoms with E-state index in [4.69, 9.17) is 9.84 Å². The Morgan fingerprint density at radius 2 is 2.07 bits per heavy atom. The number of hydrogen-bond donors (Lipinski definition) is 1. The number of carbonyl (C=O) groups excluding carboxylic acids is 1. The highest BCUT2D eigenvalue weighted by atomic mass is 16.7. The molecule has 1 N–H and O–H groups in total. The normalized spacial score (nSPS) is 10.6. The Balaban J connectivity index is 4.21. The summed E-state index contributed by atoms with van der Waals surface area (Å²) in [5.41, 5.74) is -0.0293. The van der Waals surface area contributed by atoms with Crippen LogP contribution in [0.15, 0.2) is 24.2 Å². The maximum atomic E-state index is 11.1. The molecule has 0 atom stereocenters. The zero-order valence-corrected chi connectivity index (χ0v) is 8.07. The van der Waals surface area contributed by atoms with Gasteiger partial charge in [0.25, 0.3) is 5.95 Å². The molecule has 0 aromatic carbocycles. The summed E-state index contributed by atoms with van der Waals surface area (Å²) >= 11 is 0. The van der Waals surface area contributed by atoms with Crippen molar-refractivity contribution in [3.05, 3.63) is 24.2 Å². The third kappa shape index (κ3) is 4.97. The van der Waals surface area contributed by atoms with Gasteiger partial charge in [0.15, 0.2) is 0 Å². The van der Waals surface area contributed by atoms with Crippen LogP contribution in [0, 0.1) is 0 Å². The van der Waals surface area contributed by atoms with Gasteiger partial charge in [-0.1, -0.05) is 0 Å². The van der Waals surface area contributed by atoms with E-state index >= 15 is 0 Å². The second kappa shape index (κ2) is 5.80. The first kappa shape index (κ1) is 12.2. The average molecular weight is 200 g/mol. The molecule has 78 valence electrons. The van der Waals surface area contributed by atoms with Gasteiger partial charge in [0, 0.05) is 11.6 Å². The molecule has 0 aromatic heterocycles. The SMILES string of the molecule is C=C(OCC)OC(=O)C(C)=CC(=O)O. The topological polar surface area (TPSA) is 72.8 Å². The molecule has 0 aliphatic rings. The molecule has 5 nitrogen and oxygen atoms in total. The number of rotatable bonds is 5. The van der Waals surface area contributed by atoms with Gasteiger partial charge in [-0.2, -0.15) is 0 Å². The van der Waals surface area contributed by atoms with Crippen LogP contribution in [0.4, 0.5) is 0 Å². The second-order valence-corrected chi connectivity index (χ2v) is 2.36. The van der Waals surface area contributed by atoms with E-state index in [-0.39, 0.29) is 11.5 Å². The molecule has 0 bridgehead atoms. The maximum absolute atomic E-state index is 11.1. The highest BCUT2D eigenvalue weighted by molar-refractivity contribution is 5.95. The Kier molecular flexibility index (Phi) is 5.06. The summed E-state index contributed by atoms with van der Waals surface area (Å²) in [5.74, 6) is -2.14. The lowest BCUT2D eigenvalue weighted by molar-refractivity contribution is -0.141. The fourth-order valence-electron chi connectivity index (χ4n) is 0.618. The first-order valence-corrected chi connectivity index (χ1v) is 3.92. The van der Waals surface area contributed by atoms with Crippen LogP contribution in [-0.4, -0.2) is 23.7 Å². The Bertz CT molecular complexity index is 277. The summed E-state index contributed by atoms with van der Waals surface area (Å²) in [6.45, 7) is 6.67. The molecule has 0 fully saturated rings. The Morgan fingerprint density at radius 1 is 1.50 bits per heavy atom. The van der Waals surface area contributed by atoms with E-state index in [9.17, 15) is 9.59 Å². The fraction of sp³-hybridized carbons (Fsp3) is 0.333. The molecule has 0 heterocycles. The van der Waals surface area contributed by atoms with Crippen molar-refractivity contribution in [2.75, 3.05) is 6.61 Å². The van der Waals surface area contributed by atoms with Crippen molar-refractivity contribution in [1.82, 2.24) is 0 Å². The zero-order chi connectivity index (χ0) is 11.1. The highest BCUT2D eigenvalue weighted by Crippen LogP contribution is 2.03. The van der Waals surface area contributed by atoms with Crippen molar-refractivity contribution in [1.29, 1.82) is 0 Å². The maximum Gasteiger partial charge on any atom is 0.341 e. The molecule has 0 rings (SSSR count). The molecule has 0 aliphatic heterocycles. The van der Waals surface area contributed by atoms with Gasteiger partial charge >= 0.3 is 11.9 Å². The highest BCUT2D eigenvalue weighted by Gasteiger charge is 2.09. The molecule has 0 amide bonds. The predicted molar refractivity (Wildman–Crippen MR) is 48.3 cm³/mol. The number of carbonyl (C=O) groups is 2. The first-order chi connectivity index (χ1) is 6.47. The molecule has 5 heteroatoms. The van der Waals surface area contributed by atoms with Crippen LogP contribution in [0.25, 0.3) is 0 Å². The van der Waals surface area contributed by atoms with E-state index < -0.39 is 11.9 Å². The van der Waals surface area contributed by atoms with Gasteiger partial charge < -0.3 is 14.6 Å². The van der Waals surface area contributed by atoms with Crippen molar-refractivity contribution < 1.29 is 24.2 Å². The lowest BCUT2D eigenvalue weighted by atomic mass is 10.3. The summed E-state index contributed by atoms with van der Waals surface area (Å²) in [6, 6.07) is 0. The van der Waals surface area contributed by atoms with Crippen molar-refractivity contribution >= 4 is 11.9 Å². The number of carboxylic acids is 1. The zero-order valence-electron chi connectivity index (χ0n) is 8.07. The number of esters is 1. The third-order valence-electron chi connectivity index (χ3n) is 1.17. The van der Waals surface area contributed by atoms with Gasteiger partial charge in [0.2, 0.25) is 0 Å². The summed E-state index contributed by atoms with van der Waals surface area (Å²) in [7, 11) is 0. The van der Waals surface area contributed by atoms with Crippen LogP contribution >= 0.6 is 0 Å². The lowest BCUT2D eigenvalue weighted by Gasteiger charge is -2.06. The molecular weight excluding hydrogens is 188 g/mol. The van der Waals surface area contributed by atoms with Gasteiger partial charge in [-0.15, -0.1) is 0 Å². The minimum Gasteiger partial charge on any atom is -0.478 e. The van der Waals surface area contributed by atoms with E-state index in [1.807, 2.05) is 0 Å². The minimum atomic E-state index is -1.21. The summed E-state index contributed by atoms with van der Waals surface area (Å²) in [6.07, 6.45) is 0.752. The van der Waals surface area contributed by atoms with Crippen LogP contribution < -0.4 is 0 Å². The predicted octanol–water partition coefficient (Wildman–Crippen LogP) is 1.07. The van der Waals surface area contributed by atoms with Gasteiger partial charge in [-0.3, -0.25) is 0 Å². The van der Waals surface area contributed by atoms with Gasteiger partial charge in [-0.05, 0) is 20.4 Å². The van der Waals surface area contributed by atoms with Crippen LogP contribution in [0.3, 0.4) is 0 Å². The van der Waals surface area contributed by atoms with Crippen LogP contribution in [0.5, 0.6) is 0 Å². The van der Waals surface area contributed by atoms with E-state index in [2.05, 4.69) is 11.3 Å². The molecule has 0 aliphatic carbocycles. The summed E-state index contributed by atoms with van der Waals surface area (Å²) < 4.78 is 9.32. The molecule has 0 unspecified atom stereocenters. The van der Waals surface area contributed by atoms with Crippen molar-refractivity contribution in [3.8, 4) is 0 Å². The molecule has 0 aromatic rings. The first-order valence-electron chi connectivity index (χ1n) is 3.92. The summed E-state index contributed by atoms with van der Waals surface area (Å²) in [5, 5.41) is 8.33. The number of carboxylic acid groups (broad SMARTS) is 1. The standard InChI is InChI=1S/C9H12O5/c1-4-13-7(3)14-9(12)6(2)5-8(10)11/h5H,3-4H2,1-2H3,(H,10,11). The van der Waals surface area contributed by atoms with Crippen molar-refractivity contribution in [3.63, 3.8) is 0 Å². The molecule has 0 saturated carbocycles. The van der Waals surface area contributed by atoms with Crippen LogP contribution in [0.2, 0.25) is 0 Å². The van der Waals surface area contributed by atoms with Gasteiger partial charge in [0.1, 0.15) is 0 Å². The Labute approximate surface area is 81.6 Å². The Hall–Kier alpha value is -1.78. The average Bonchev–Trinajstić information content (AvgIpc) is 2.02. The van der Waals surface area contributed by atoms with Crippen molar-refractivity contribution in [2.45, 2.75) is 13.8 Å². The molecule has 0 spiro atoms. The quantitative estimate of drug-likeness (QED) is 0.408. The second-order valence-electron chi connectivity index (χ2n) is 2.36. The van der Waals surface area contributed by atoms with Crippen LogP contribution in [0.1, 0.15) is 13.8 Å². The number of ether oxygens (including phenoxy) is 2.